The van der Waals surface area contributed by atoms with Crippen molar-refractivity contribution < 1.29 is 4.79 Å². The van der Waals surface area contributed by atoms with Gasteiger partial charge in [-0.05, 0) is 59.2 Å². The van der Waals surface area contributed by atoms with Crippen LogP contribution >= 0.6 is 35.3 Å². The molecule has 1 aliphatic rings. The Bertz CT molecular complexity index is 593. The SMILES string of the molecule is CN=C(NCCCCN1CCC(C(N)=O)CC1)NCc1nc(C)c(C)s1.I. The van der Waals surface area contributed by atoms with Crippen LogP contribution in [0.2, 0.25) is 0 Å². The minimum atomic E-state index is -0.143. The third-order valence-electron chi connectivity index (χ3n) is 4.89. The first kappa shape index (κ1) is 24.1. The molecule has 0 radical (unpaired) electrons. The lowest BCUT2D eigenvalue weighted by molar-refractivity contribution is -0.123. The van der Waals surface area contributed by atoms with Crippen LogP contribution in [0, 0.1) is 19.8 Å². The average Bonchev–Trinajstić information content (AvgIpc) is 2.95. The van der Waals surface area contributed by atoms with Crippen molar-refractivity contribution in [3.63, 3.8) is 0 Å². The van der Waals surface area contributed by atoms with Crippen LogP contribution in [0.4, 0.5) is 0 Å². The number of nitrogens with one attached hydrogen (secondary N) is 2. The molecule has 0 aromatic carbocycles. The number of carbonyl (C=O) groups is 1. The fourth-order valence-electron chi connectivity index (χ4n) is 3.10. The van der Waals surface area contributed by atoms with Gasteiger partial charge in [0, 0.05) is 24.4 Å². The minimum absolute atomic E-state index is 0. The van der Waals surface area contributed by atoms with E-state index in [2.05, 4.69) is 32.4 Å². The number of aryl methyl sites for hydroxylation is 2. The summed E-state index contributed by atoms with van der Waals surface area (Å²) in [7, 11) is 1.79. The molecule has 0 aliphatic carbocycles. The monoisotopic (exact) mass is 508 g/mol. The van der Waals surface area contributed by atoms with Crippen molar-refractivity contribution in [1.82, 2.24) is 20.5 Å². The molecule has 4 N–H and O–H groups in total. The fraction of sp³-hybridized carbons (Fsp3) is 0.722. The molecule has 0 saturated carbocycles. The van der Waals surface area contributed by atoms with Gasteiger partial charge in [-0.15, -0.1) is 35.3 Å². The van der Waals surface area contributed by atoms with Gasteiger partial charge in [-0.3, -0.25) is 9.79 Å². The number of guanidine groups is 1. The summed E-state index contributed by atoms with van der Waals surface area (Å²) in [6, 6.07) is 0. The fourth-order valence-corrected chi connectivity index (χ4v) is 3.98. The number of hydrogen-bond acceptors (Lipinski definition) is 5. The maximum Gasteiger partial charge on any atom is 0.220 e. The lowest BCUT2D eigenvalue weighted by Crippen LogP contribution is -2.39. The number of hydrogen-bond donors (Lipinski definition) is 3. The molecule has 9 heteroatoms. The summed E-state index contributed by atoms with van der Waals surface area (Å²) < 4.78 is 0. The summed E-state index contributed by atoms with van der Waals surface area (Å²) in [4.78, 5) is 23.7. The Balaban J connectivity index is 0.00000364. The van der Waals surface area contributed by atoms with Gasteiger partial charge in [-0.1, -0.05) is 0 Å². The van der Waals surface area contributed by atoms with Crippen molar-refractivity contribution in [2.24, 2.45) is 16.6 Å². The molecule has 1 fully saturated rings. The maximum atomic E-state index is 11.2. The molecule has 154 valence electrons. The zero-order valence-electron chi connectivity index (χ0n) is 16.6. The molecule has 0 spiro atoms. The standard InChI is InChI=1S/C18H32N6OS.HI/c1-13-14(2)26-16(23-13)12-22-18(20-3)21-8-4-5-9-24-10-6-15(7-11-24)17(19)25;/h15H,4-12H2,1-3H3,(H2,19,25)(H2,20,21,22);1H. The van der Waals surface area contributed by atoms with Crippen LogP contribution in [-0.4, -0.2) is 55.0 Å². The number of amides is 1. The highest BCUT2D eigenvalue weighted by molar-refractivity contribution is 14.0. The second-order valence-corrected chi connectivity index (χ2v) is 8.11. The second-order valence-electron chi connectivity index (χ2n) is 6.83. The number of carbonyl (C=O) groups excluding carboxylic acids is 1. The summed E-state index contributed by atoms with van der Waals surface area (Å²) in [6.45, 7) is 8.78. The van der Waals surface area contributed by atoms with E-state index in [4.69, 9.17) is 5.73 Å². The molecule has 0 unspecified atom stereocenters. The molecule has 0 bridgehead atoms. The molecule has 2 rings (SSSR count). The topological polar surface area (TPSA) is 95.6 Å². The van der Waals surface area contributed by atoms with Gasteiger partial charge in [0.05, 0.1) is 12.2 Å². The van der Waals surface area contributed by atoms with E-state index < -0.39 is 0 Å². The maximum absolute atomic E-state index is 11.2. The normalized spacial score (nSPS) is 16.0. The lowest BCUT2D eigenvalue weighted by Gasteiger charge is -2.30. The number of nitrogens with zero attached hydrogens (tertiary/aromatic N) is 3. The molecular weight excluding hydrogens is 475 g/mol. The Morgan fingerprint density at radius 2 is 2.00 bits per heavy atom. The number of likely N-dealkylation sites (tertiary alicyclic amines) is 1. The van der Waals surface area contributed by atoms with Crippen LogP contribution in [0.5, 0.6) is 0 Å². The summed E-state index contributed by atoms with van der Waals surface area (Å²) >= 11 is 1.73. The third-order valence-corrected chi connectivity index (χ3v) is 5.96. The number of aromatic nitrogens is 1. The van der Waals surface area contributed by atoms with Gasteiger partial charge in [0.25, 0.3) is 0 Å². The van der Waals surface area contributed by atoms with Crippen LogP contribution in [0.25, 0.3) is 0 Å². The number of primary amides is 1. The second kappa shape index (κ2) is 12.5. The number of halogens is 1. The first-order valence-corrected chi connectivity index (χ1v) is 10.2. The summed E-state index contributed by atoms with van der Waals surface area (Å²) in [5.74, 6) is 0.751. The van der Waals surface area contributed by atoms with E-state index in [-0.39, 0.29) is 35.8 Å². The summed E-state index contributed by atoms with van der Waals surface area (Å²) in [6.07, 6.45) is 4.03. The van der Waals surface area contributed by atoms with Gasteiger partial charge >= 0.3 is 0 Å². The highest BCUT2D eigenvalue weighted by atomic mass is 127. The molecule has 2 heterocycles. The highest BCUT2D eigenvalue weighted by Crippen LogP contribution is 2.17. The number of piperidine rings is 1. The van der Waals surface area contributed by atoms with Crippen molar-refractivity contribution in [2.45, 2.75) is 46.1 Å². The smallest absolute Gasteiger partial charge is 0.220 e. The Labute approximate surface area is 183 Å². The van der Waals surface area contributed by atoms with E-state index in [0.29, 0.717) is 6.54 Å². The number of unbranched alkanes of at least 4 members (excludes halogenated alkanes) is 1. The molecule has 1 saturated heterocycles. The van der Waals surface area contributed by atoms with Gasteiger partial charge in [0.2, 0.25) is 5.91 Å². The van der Waals surface area contributed by atoms with Crippen LogP contribution in [-0.2, 0) is 11.3 Å². The van der Waals surface area contributed by atoms with E-state index in [1.807, 2.05) is 6.92 Å². The van der Waals surface area contributed by atoms with E-state index in [9.17, 15) is 4.79 Å². The van der Waals surface area contributed by atoms with Crippen molar-refractivity contribution in [3.8, 4) is 0 Å². The summed E-state index contributed by atoms with van der Waals surface area (Å²) in [5, 5.41) is 7.76. The predicted octanol–water partition coefficient (Wildman–Crippen LogP) is 2.02. The number of rotatable bonds is 8. The molecule has 1 amide bonds. The molecule has 1 aromatic rings. The minimum Gasteiger partial charge on any atom is -0.369 e. The highest BCUT2D eigenvalue weighted by Gasteiger charge is 2.22. The Hall–Kier alpha value is -0.940. The lowest BCUT2D eigenvalue weighted by atomic mass is 9.96. The van der Waals surface area contributed by atoms with Crippen LogP contribution in [0.1, 0.15) is 41.3 Å². The van der Waals surface area contributed by atoms with Gasteiger partial charge in [-0.2, -0.15) is 0 Å². The van der Waals surface area contributed by atoms with Crippen LogP contribution in [0.3, 0.4) is 0 Å². The van der Waals surface area contributed by atoms with E-state index >= 15 is 0 Å². The van der Waals surface area contributed by atoms with Gasteiger partial charge in [0.1, 0.15) is 5.01 Å². The Kier molecular flexibility index (Phi) is 11.2. The first-order valence-electron chi connectivity index (χ1n) is 9.38. The third kappa shape index (κ3) is 8.30. The van der Waals surface area contributed by atoms with Gasteiger partial charge in [-0.25, -0.2) is 4.98 Å². The number of aliphatic imine (C=N–C) groups is 1. The van der Waals surface area contributed by atoms with Crippen LogP contribution < -0.4 is 16.4 Å². The van der Waals surface area contributed by atoms with E-state index in [1.165, 1.54) is 4.88 Å². The van der Waals surface area contributed by atoms with Crippen molar-refractivity contribution in [3.05, 3.63) is 15.6 Å². The van der Waals surface area contributed by atoms with Crippen molar-refractivity contribution in [1.29, 1.82) is 0 Å². The Morgan fingerprint density at radius 1 is 1.30 bits per heavy atom. The zero-order valence-corrected chi connectivity index (χ0v) is 19.7. The van der Waals surface area contributed by atoms with E-state index in [1.54, 1.807) is 18.4 Å². The molecular formula is C18H33IN6OS. The first-order chi connectivity index (χ1) is 12.5. The molecule has 7 nitrogen and oxygen atoms in total. The molecule has 1 aliphatic heterocycles. The van der Waals surface area contributed by atoms with E-state index in [0.717, 1.165) is 68.5 Å². The quantitative estimate of drug-likeness (QED) is 0.216. The predicted molar refractivity (Wildman–Crippen MR) is 123 cm³/mol. The molecule has 0 atom stereocenters. The number of thiazole rings is 1. The average molecular weight is 508 g/mol. The largest absolute Gasteiger partial charge is 0.369 e. The zero-order chi connectivity index (χ0) is 18.9. The molecule has 27 heavy (non-hydrogen) atoms. The van der Waals surface area contributed by atoms with Crippen LogP contribution in [0.15, 0.2) is 4.99 Å². The Morgan fingerprint density at radius 3 is 2.56 bits per heavy atom. The molecule has 1 aromatic heterocycles. The van der Waals surface area contributed by atoms with Gasteiger partial charge < -0.3 is 21.3 Å². The van der Waals surface area contributed by atoms with Crippen molar-refractivity contribution in [2.75, 3.05) is 33.2 Å². The van der Waals surface area contributed by atoms with Gasteiger partial charge in [0.15, 0.2) is 5.96 Å². The summed E-state index contributed by atoms with van der Waals surface area (Å²) in [5.41, 5.74) is 6.48. The number of nitrogens with two attached hydrogens (primary N) is 1. The van der Waals surface area contributed by atoms with Crippen molar-refractivity contribution >= 4 is 47.2 Å².